The molecule has 1 heterocycles. The van der Waals surface area contributed by atoms with Gasteiger partial charge in [-0.25, -0.2) is 0 Å². The van der Waals surface area contributed by atoms with Gasteiger partial charge >= 0.3 is 0 Å². The Labute approximate surface area is 114 Å². The highest BCUT2D eigenvalue weighted by atomic mass is 32.1. The zero-order chi connectivity index (χ0) is 14.0. The van der Waals surface area contributed by atoms with Crippen LogP contribution in [0.2, 0.25) is 0 Å². The Kier molecular flexibility index (Phi) is 4.56. The molecule has 0 radical (unpaired) electrons. The van der Waals surface area contributed by atoms with Gasteiger partial charge in [-0.3, -0.25) is 4.79 Å². The second-order valence-corrected chi connectivity index (χ2v) is 7.54. The van der Waals surface area contributed by atoms with Crippen LogP contribution in [0.4, 0.5) is 0 Å². The fraction of sp³-hybridized carbons (Fsp3) is 0.643. The van der Waals surface area contributed by atoms with Gasteiger partial charge in [-0.2, -0.15) is 0 Å². The average Bonchev–Trinajstić information content (AvgIpc) is 2.65. The van der Waals surface area contributed by atoms with Gasteiger partial charge in [0.05, 0.1) is 5.41 Å². The molecule has 0 atom stereocenters. The third-order valence-corrected chi connectivity index (χ3v) is 4.45. The maximum absolute atomic E-state index is 11.2. The Morgan fingerprint density at radius 1 is 1.28 bits per heavy atom. The van der Waals surface area contributed by atoms with E-state index in [1.807, 2.05) is 25.2 Å². The molecule has 18 heavy (non-hydrogen) atoms. The maximum Gasteiger partial charge on any atom is 0.224 e. The van der Waals surface area contributed by atoms with Crippen LogP contribution in [-0.4, -0.2) is 12.5 Å². The van der Waals surface area contributed by atoms with E-state index >= 15 is 0 Å². The Morgan fingerprint density at radius 2 is 1.89 bits per heavy atom. The molecule has 3 nitrogen and oxygen atoms in total. The van der Waals surface area contributed by atoms with Crippen molar-refractivity contribution >= 4 is 17.2 Å². The number of carbonyl (C=O) groups is 1. The summed E-state index contributed by atoms with van der Waals surface area (Å²) in [6.07, 6.45) is 0. The van der Waals surface area contributed by atoms with E-state index in [1.54, 1.807) is 0 Å². The lowest BCUT2D eigenvalue weighted by molar-refractivity contribution is -0.125. The smallest absolute Gasteiger partial charge is 0.224 e. The second-order valence-electron chi connectivity index (χ2n) is 6.37. The molecule has 3 N–H and O–H groups in total. The number of primary amides is 1. The number of amides is 1. The lowest BCUT2D eigenvalue weighted by Crippen LogP contribution is -2.40. The van der Waals surface area contributed by atoms with Crippen molar-refractivity contribution in [2.75, 3.05) is 6.54 Å². The first kappa shape index (κ1) is 15.2. The van der Waals surface area contributed by atoms with E-state index in [0.29, 0.717) is 6.54 Å². The summed E-state index contributed by atoms with van der Waals surface area (Å²) < 4.78 is 0. The molecule has 0 aliphatic rings. The van der Waals surface area contributed by atoms with Crippen molar-refractivity contribution in [2.45, 2.75) is 46.6 Å². The normalized spacial score (nSPS) is 12.7. The van der Waals surface area contributed by atoms with E-state index in [9.17, 15) is 4.79 Å². The molecular formula is C14H24N2OS. The predicted molar refractivity (Wildman–Crippen MR) is 77.7 cm³/mol. The summed E-state index contributed by atoms with van der Waals surface area (Å²) >= 11 is 1.82. The van der Waals surface area contributed by atoms with E-state index in [4.69, 9.17) is 5.73 Å². The molecule has 4 heteroatoms. The highest BCUT2D eigenvalue weighted by molar-refractivity contribution is 7.12. The number of thiophene rings is 1. The SMILES string of the molecule is CC(C)(CNCc1ccc(C(C)(C)C)s1)C(N)=O. The summed E-state index contributed by atoms with van der Waals surface area (Å²) in [5.74, 6) is -0.267. The zero-order valence-electron chi connectivity index (χ0n) is 12.0. The van der Waals surface area contributed by atoms with Crippen LogP contribution >= 0.6 is 11.3 Å². The van der Waals surface area contributed by atoms with E-state index in [0.717, 1.165) is 6.54 Å². The molecule has 1 amide bonds. The Morgan fingerprint density at radius 3 is 2.33 bits per heavy atom. The second kappa shape index (κ2) is 5.41. The molecule has 1 aromatic heterocycles. The molecule has 0 aromatic carbocycles. The van der Waals surface area contributed by atoms with Crippen LogP contribution in [-0.2, 0) is 16.8 Å². The Hall–Kier alpha value is -0.870. The zero-order valence-corrected chi connectivity index (χ0v) is 12.8. The standard InChI is InChI=1S/C14H24N2OS/c1-13(2,3)11-7-6-10(18-11)8-16-9-14(4,5)12(15)17/h6-7,16H,8-9H2,1-5H3,(H2,15,17). The largest absolute Gasteiger partial charge is 0.369 e. The van der Waals surface area contributed by atoms with E-state index in [1.165, 1.54) is 9.75 Å². The number of hydrogen-bond acceptors (Lipinski definition) is 3. The summed E-state index contributed by atoms with van der Waals surface area (Å²) in [5, 5.41) is 3.30. The molecule has 0 saturated carbocycles. The summed E-state index contributed by atoms with van der Waals surface area (Å²) in [7, 11) is 0. The van der Waals surface area contributed by atoms with Crippen LogP contribution < -0.4 is 11.1 Å². The van der Waals surface area contributed by atoms with E-state index in [-0.39, 0.29) is 11.3 Å². The summed E-state index contributed by atoms with van der Waals surface area (Å²) in [4.78, 5) is 13.9. The molecule has 0 fully saturated rings. The molecule has 102 valence electrons. The van der Waals surface area contributed by atoms with Crippen LogP contribution in [0.5, 0.6) is 0 Å². The fourth-order valence-electron chi connectivity index (χ4n) is 1.46. The summed E-state index contributed by atoms with van der Waals surface area (Å²) in [6.45, 7) is 11.8. The number of hydrogen-bond donors (Lipinski definition) is 2. The predicted octanol–water partition coefficient (Wildman–Crippen LogP) is 2.65. The molecule has 0 bridgehead atoms. The number of nitrogens with two attached hydrogens (primary N) is 1. The van der Waals surface area contributed by atoms with Gasteiger partial charge in [-0.15, -0.1) is 11.3 Å². The third kappa shape index (κ3) is 4.10. The topological polar surface area (TPSA) is 55.1 Å². The van der Waals surface area contributed by atoms with E-state index in [2.05, 4.69) is 38.2 Å². The number of carbonyl (C=O) groups excluding carboxylic acids is 1. The van der Waals surface area contributed by atoms with Crippen molar-refractivity contribution in [3.8, 4) is 0 Å². The van der Waals surface area contributed by atoms with Gasteiger partial charge in [-0.1, -0.05) is 20.8 Å². The van der Waals surface area contributed by atoms with Gasteiger partial charge in [0.2, 0.25) is 5.91 Å². The van der Waals surface area contributed by atoms with Crippen molar-refractivity contribution < 1.29 is 4.79 Å². The van der Waals surface area contributed by atoms with Crippen LogP contribution in [0, 0.1) is 5.41 Å². The third-order valence-electron chi connectivity index (χ3n) is 2.93. The first-order chi connectivity index (χ1) is 8.13. The first-order valence-corrected chi connectivity index (χ1v) is 7.04. The van der Waals surface area contributed by atoms with Crippen molar-refractivity contribution in [3.63, 3.8) is 0 Å². The quantitative estimate of drug-likeness (QED) is 0.862. The Balaban J connectivity index is 2.51. The van der Waals surface area contributed by atoms with Gasteiger partial charge in [0.1, 0.15) is 0 Å². The average molecular weight is 268 g/mol. The first-order valence-electron chi connectivity index (χ1n) is 6.23. The van der Waals surface area contributed by atoms with Gasteiger partial charge in [0, 0.05) is 22.8 Å². The van der Waals surface area contributed by atoms with E-state index < -0.39 is 5.41 Å². The van der Waals surface area contributed by atoms with Crippen molar-refractivity contribution in [3.05, 3.63) is 21.9 Å². The van der Waals surface area contributed by atoms with Crippen molar-refractivity contribution in [2.24, 2.45) is 11.1 Å². The van der Waals surface area contributed by atoms with Crippen LogP contribution in [0.25, 0.3) is 0 Å². The summed E-state index contributed by atoms with van der Waals surface area (Å²) in [5.41, 5.74) is 5.04. The minimum Gasteiger partial charge on any atom is -0.369 e. The molecule has 0 aliphatic carbocycles. The molecular weight excluding hydrogens is 244 g/mol. The number of nitrogens with one attached hydrogen (secondary N) is 1. The molecule has 0 spiro atoms. The highest BCUT2D eigenvalue weighted by Gasteiger charge is 2.24. The fourth-order valence-corrected chi connectivity index (χ4v) is 2.50. The van der Waals surface area contributed by atoms with Crippen LogP contribution in [0.15, 0.2) is 12.1 Å². The van der Waals surface area contributed by atoms with Gasteiger partial charge in [0.15, 0.2) is 0 Å². The number of rotatable bonds is 5. The maximum atomic E-state index is 11.2. The van der Waals surface area contributed by atoms with Gasteiger partial charge in [-0.05, 0) is 31.4 Å². The minimum atomic E-state index is -0.496. The lowest BCUT2D eigenvalue weighted by Gasteiger charge is -2.20. The van der Waals surface area contributed by atoms with Gasteiger partial charge < -0.3 is 11.1 Å². The van der Waals surface area contributed by atoms with Crippen molar-refractivity contribution in [1.82, 2.24) is 5.32 Å². The molecule has 1 aromatic rings. The molecule has 0 unspecified atom stereocenters. The van der Waals surface area contributed by atoms with Crippen molar-refractivity contribution in [1.29, 1.82) is 0 Å². The van der Waals surface area contributed by atoms with Crippen LogP contribution in [0.3, 0.4) is 0 Å². The monoisotopic (exact) mass is 268 g/mol. The molecule has 0 saturated heterocycles. The van der Waals surface area contributed by atoms with Gasteiger partial charge in [0.25, 0.3) is 0 Å². The lowest BCUT2D eigenvalue weighted by atomic mass is 9.93. The summed E-state index contributed by atoms with van der Waals surface area (Å²) in [6, 6.07) is 4.33. The minimum absolute atomic E-state index is 0.204. The molecule has 0 aliphatic heterocycles. The molecule has 1 rings (SSSR count). The Bertz CT molecular complexity index is 416. The van der Waals surface area contributed by atoms with Crippen LogP contribution in [0.1, 0.15) is 44.4 Å². The highest BCUT2D eigenvalue weighted by Crippen LogP contribution is 2.29.